The average Bonchev–Trinajstić information content (AvgIpc) is 3.04. The summed E-state index contributed by atoms with van der Waals surface area (Å²) >= 11 is 0. The van der Waals surface area contributed by atoms with E-state index in [0.29, 0.717) is 11.9 Å². The first kappa shape index (κ1) is 19.2. The molecule has 2 heterocycles. The number of amidine groups is 1. The Balaban J connectivity index is 1.77. The molecule has 3 N–H and O–H groups in total. The lowest BCUT2D eigenvalue weighted by Gasteiger charge is -2.23. The summed E-state index contributed by atoms with van der Waals surface area (Å²) in [5.74, 6) is 0.631. The van der Waals surface area contributed by atoms with E-state index < -0.39 is 0 Å². The van der Waals surface area contributed by atoms with Gasteiger partial charge >= 0.3 is 0 Å². The first-order chi connectivity index (χ1) is 13.2. The minimum absolute atomic E-state index is 0.326. The van der Waals surface area contributed by atoms with E-state index in [9.17, 15) is 0 Å². The molecule has 4 heteroatoms. The van der Waals surface area contributed by atoms with Crippen LogP contribution in [0.2, 0.25) is 0 Å². The maximum Gasteiger partial charge on any atom is 0.125 e. The van der Waals surface area contributed by atoms with Crippen molar-refractivity contribution in [1.29, 1.82) is 0 Å². The van der Waals surface area contributed by atoms with Crippen molar-refractivity contribution in [2.75, 3.05) is 13.1 Å². The molecule has 27 heavy (non-hydrogen) atoms. The molecule has 4 nitrogen and oxygen atoms in total. The number of hydrogen-bond donors (Lipinski definition) is 2. The van der Waals surface area contributed by atoms with E-state index in [2.05, 4.69) is 89.6 Å². The smallest absolute Gasteiger partial charge is 0.125 e. The summed E-state index contributed by atoms with van der Waals surface area (Å²) < 4.78 is 2.29. The summed E-state index contributed by atoms with van der Waals surface area (Å²) in [7, 11) is 0. The van der Waals surface area contributed by atoms with Crippen molar-refractivity contribution in [1.82, 2.24) is 9.88 Å². The number of aliphatic imine (C=N–C) groups is 1. The SMILES string of the molecule is C/C=c1/ccn(Cc2ccc(C(N)=NC3CNC3)cc2)/c1=C/C=C\CCC. The summed E-state index contributed by atoms with van der Waals surface area (Å²) in [4.78, 5) is 4.55. The lowest BCUT2D eigenvalue weighted by atomic mass is 10.1. The van der Waals surface area contributed by atoms with E-state index in [0.717, 1.165) is 31.6 Å². The molecule has 0 bridgehead atoms. The molecule has 142 valence electrons. The van der Waals surface area contributed by atoms with Crippen LogP contribution in [0.15, 0.2) is 53.7 Å². The maximum atomic E-state index is 6.13. The molecule has 1 aliphatic heterocycles. The van der Waals surface area contributed by atoms with Crippen LogP contribution in [0.25, 0.3) is 12.2 Å². The van der Waals surface area contributed by atoms with E-state index in [1.165, 1.54) is 22.6 Å². The van der Waals surface area contributed by atoms with Gasteiger partial charge in [0, 0.05) is 36.7 Å². The summed E-state index contributed by atoms with van der Waals surface area (Å²) in [5, 5.41) is 5.72. The molecule has 1 aromatic heterocycles. The molecule has 0 unspecified atom stereocenters. The molecule has 3 rings (SSSR count). The van der Waals surface area contributed by atoms with Gasteiger partial charge in [0.1, 0.15) is 5.84 Å². The third-order valence-electron chi connectivity index (χ3n) is 4.88. The van der Waals surface area contributed by atoms with Crippen LogP contribution in [0.5, 0.6) is 0 Å². The second-order valence-corrected chi connectivity index (χ2v) is 6.98. The van der Waals surface area contributed by atoms with Crippen molar-refractivity contribution in [3.05, 3.63) is 70.4 Å². The van der Waals surface area contributed by atoms with Crippen LogP contribution in [-0.2, 0) is 6.54 Å². The molecule has 1 saturated heterocycles. The van der Waals surface area contributed by atoms with Crippen molar-refractivity contribution >= 4 is 18.0 Å². The van der Waals surface area contributed by atoms with Gasteiger partial charge in [0.25, 0.3) is 0 Å². The molecule has 0 aliphatic carbocycles. The van der Waals surface area contributed by atoms with Crippen LogP contribution < -0.4 is 21.6 Å². The Labute approximate surface area is 161 Å². The highest BCUT2D eigenvalue weighted by molar-refractivity contribution is 5.97. The van der Waals surface area contributed by atoms with E-state index in [4.69, 9.17) is 5.73 Å². The molecule has 1 aromatic carbocycles. The van der Waals surface area contributed by atoms with Gasteiger partial charge in [-0.05, 0) is 36.3 Å². The number of aromatic nitrogens is 1. The summed E-state index contributed by atoms with van der Waals surface area (Å²) in [6, 6.07) is 10.9. The summed E-state index contributed by atoms with van der Waals surface area (Å²) in [6.45, 7) is 6.97. The van der Waals surface area contributed by atoms with Crippen LogP contribution in [0.3, 0.4) is 0 Å². The summed E-state index contributed by atoms with van der Waals surface area (Å²) in [6.07, 6.45) is 13.2. The van der Waals surface area contributed by atoms with E-state index >= 15 is 0 Å². The topological polar surface area (TPSA) is 55.3 Å². The number of nitrogens with two attached hydrogens (primary N) is 1. The Hall–Kier alpha value is -2.59. The van der Waals surface area contributed by atoms with Gasteiger partial charge in [-0.25, -0.2) is 0 Å². The Morgan fingerprint density at radius 1 is 1.26 bits per heavy atom. The predicted molar refractivity (Wildman–Crippen MR) is 115 cm³/mol. The fourth-order valence-corrected chi connectivity index (χ4v) is 3.11. The second kappa shape index (κ2) is 9.38. The predicted octanol–water partition coefficient (Wildman–Crippen LogP) is 2.15. The van der Waals surface area contributed by atoms with Gasteiger partial charge in [-0.1, -0.05) is 55.8 Å². The molecular formula is C23H30N4. The molecule has 0 saturated carbocycles. The van der Waals surface area contributed by atoms with Crippen molar-refractivity contribution in [2.24, 2.45) is 10.7 Å². The number of hydrogen-bond acceptors (Lipinski definition) is 2. The molecule has 0 spiro atoms. The van der Waals surface area contributed by atoms with Crippen LogP contribution in [0.4, 0.5) is 0 Å². The molecule has 0 amide bonds. The maximum absolute atomic E-state index is 6.13. The van der Waals surface area contributed by atoms with Gasteiger partial charge in [0.05, 0.1) is 6.04 Å². The number of nitrogens with zero attached hydrogens (tertiary/aromatic N) is 2. The molecule has 1 aliphatic rings. The number of unbranched alkanes of at least 4 members (excludes halogenated alkanes) is 1. The summed E-state index contributed by atoms with van der Waals surface area (Å²) in [5.41, 5.74) is 8.38. The Morgan fingerprint density at radius 2 is 2.04 bits per heavy atom. The number of rotatable bonds is 7. The minimum atomic E-state index is 0.326. The van der Waals surface area contributed by atoms with Gasteiger partial charge in [-0.2, -0.15) is 0 Å². The third kappa shape index (κ3) is 4.98. The van der Waals surface area contributed by atoms with Crippen molar-refractivity contribution < 1.29 is 0 Å². The van der Waals surface area contributed by atoms with Crippen LogP contribution in [0, 0.1) is 0 Å². The highest BCUT2D eigenvalue weighted by Crippen LogP contribution is 2.07. The van der Waals surface area contributed by atoms with Crippen molar-refractivity contribution in [2.45, 2.75) is 39.3 Å². The van der Waals surface area contributed by atoms with Crippen LogP contribution in [-0.4, -0.2) is 29.5 Å². The molecule has 1 fully saturated rings. The average molecular weight is 363 g/mol. The molecule has 0 radical (unpaired) electrons. The number of benzene rings is 1. The van der Waals surface area contributed by atoms with Gasteiger partial charge in [0.15, 0.2) is 0 Å². The van der Waals surface area contributed by atoms with E-state index in [1.807, 2.05) is 0 Å². The van der Waals surface area contributed by atoms with Gasteiger partial charge in [-0.3, -0.25) is 4.99 Å². The molecular weight excluding hydrogens is 332 g/mol. The quantitative estimate of drug-likeness (QED) is 0.586. The number of nitrogens with one attached hydrogen (secondary N) is 1. The molecule has 0 atom stereocenters. The zero-order valence-electron chi connectivity index (χ0n) is 16.4. The Kier molecular flexibility index (Phi) is 6.66. The Morgan fingerprint density at radius 3 is 2.67 bits per heavy atom. The van der Waals surface area contributed by atoms with Gasteiger partial charge in [-0.15, -0.1) is 0 Å². The lowest BCUT2D eigenvalue weighted by molar-refractivity contribution is 0.448. The monoisotopic (exact) mass is 362 g/mol. The minimum Gasteiger partial charge on any atom is -0.383 e. The van der Waals surface area contributed by atoms with E-state index in [1.54, 1.807) is 0 Å². The van der Waals surface area contributed by atoms with Gasteiger partial charge < -0.3 is 15.6 Å². The molecule has 2 aromatic rings. The first-order valence-electron chi connectivity index (χ1n) is 9.83. The second-order valence-electron chi connectivity index (χ2n) is 6.98. The fraction of sp³-hybridized carbons (Fsp3) is 0.348. The van der Waals surface area contributed by atoms with Crippen LogP contribution in [0.1, 0.15) is 37.8 Å². The Bertz CT molecular complexity index is 912. The lowest BCUT2D eigenvalue weighted by Crippen LogP contribution is -2.46. The van der Waals surface area contributed by atoms with Crippen LogP contribution >= 0.6 is 0 Å². The fourth-order valence-electron chi connectivity index (χ4n) is 3.11. The normalized spacial score (nSPS) is 17.0. The third-order valence-corrected chi connectivity index (χ3v) is 4.88. The van der Waals surface area contributed by atoms with E-state index in [-0.39, 0.29) is 0 Å². The highest BCUT2D eigenvalue weighted by atomic mass is 15.1. The zero-order valence-corrected chi connectivity index (χ0v) is 16.4. The van der Waals surface area contributed by atoms with Gasteiger partial charge in [0.2, 0.25) is 0 Å². The standard InChI is InChI=1S/C23H30N4/c1-3-5-6-7-8-22-19(4-2)13-14-27(22)17-18-9-11-20(12-10-18)23(24)26-21-15-25-16-21/h4,6-14,21,25H,3,5,15-17H2,1-2H3,(H2,24,26)/b7-6-,19-4-,22-8+. The first-order valence-corrected chi connectivity index (χ1v) is 9.83. The zero-order chi connectivity index (χ0) is 19.1. The number of allylic oxidation sites excluding steroid dienone is 2. The van der Waals surface area contributed by atoms with Crippen molar-refractivity contribution in [3.8, 4) is 0 Å². The largest absolute Gasteiger partial charge is 0.383 e. The highest BCUT2D eigenvalue weighted by Gasteiger charge is 2.15. The van der Waals surface area contributed by atoms with Crippen molar-refractivity contribution in [3.63, 3.8) is 0 Å².